The van der Waals surface area contributed by atoms with Gasteiger partial charge in [-0.2, -0.15) is 0 Å². The van der Waals surface area contributed by atoms with Crippen LogP contribution in [0.25, 0.3) is 0 Å². The summed E-state index contributed by atoms with van der Waals surface area (Å²) < 4.78 is 0. The highest BCUT2D eigenvalue weighted by atomic mass is 16.3. The third-order valence-corrected chi connectivity index (χ3v) is 5.36. The van der Waals surface area contributed by atoms with Gasteiger partial charge in [0.25, 0.3) is 0 Å². The molecule has 2 aromatic carbocycles. The van der Waals surface area contributed by atoms with Crippen LogP contribution in [0.3, 0.4) is 0 Å². The van der Waals surface area contributed by atoms with Crippen molar-refractivity contribution in [3.8, 4) is 11.5 Å². The van der Waals surface area contributed by atoms with Crippen LogP contribution in [0.1, 0.15) is 95.7 Å². The van der Waals surface area contributed by atoms with Crippen molar-refractivity contribution in [1.82, 2.24) is 0 Å². The van der Waals surface area contributed by atoms with Crippen molar-refractivity contribution in [2.75, 3.05) is 0 Å². The summed E-state index contributed by atoms with van der Waals surface area (Å²) in [5.74, 6) is 0.814. The molecule has 0 saturated carbocycles. The van der Waals surface area contributed by atoms with Crippen molar-refractivity contribution < 1.29 is 10.2 Å². The number of aromatic hydroxyl groups is 2. The van der Waals surface area contributed by atoms with E-state index in [-0.39, 0.29) is 16.2 Å². The van der Waals surface area contributed by atoms with Gasteiger partial charge in [-0.25, -0.2) is 0 Å². The second-order valence-electron chi connectivity index (χ2n) is 11.3. The maximum absolute atomic E-state index is 10.9. The first-order valence-electron chi connectivity index (χ1n) is 10.2. The van der Waals surface area contributed by atoms with E-state index in [1.807, 2.05) is 6.92 Å². The molecular formula is C26H38O2. The Morgan fingerprint density at radius 1 is 0.571 bits per heavy atom. The third-order valence-electron chi connectivity index (χ3n) is 5.36. The minimum atomic E-state index is -0.137. The van der Waals surface area contributed by atoms with Crippen molar-refractivity contribution in [3.63, 3.8) is 0 Å². The van der Waals surface area contributed by atoms with Gasteiger partial charge in [0, 0.05) is 0 Å². The number of aryl methyl sites for hydroxylation is 1. The van der Waals surface area contributed by atoms with Gasteiger partial charge < -0.3 is 10.2 Å². The summed E-state index contributed by atoms with van der Waals surface area (Å²) in [7, 11) is 0. The lowest BCUT2D eigenvalue weighted by Crippen LogP contribution is -2.18. The summed E-state index contributed by atoms with van der Waals surface area (Å²) >= 11 is 0. The Morgan fingerprint density at radius 3 is 1.25 bits per heavy atom. The quantitative estimate of drug-likeness (QED) is 0.593. The summed E-state index contributed by atoms with van der Waals surface area (Å²) in [6, 6.07) is 8.49. The van der Waals surface area contributed by atoms with E-state index < -0.39 is 0 Å². The molecule has 2 heteroatoms. The molecular weight excluding hydrogens is 344 g/mol. The van der Waals surface area contributed by atoms with Gasteiger partial charge in [-0.15, -0.1) is 0 Å². The number of benzene rings is 2. The number of rotatable bonds is 2. The van der Waals surface area contributed by atoms with Crippen molar-refractivity contribution in [2.45, 2.75) is 91.9 Å². The van der Waals surface area contributed by atoms with Gasteiger partial charge in [-0.05, 0) is 63.0 Å². The molecule has 0 aromatic heterocycles. The molecule has 2 nitrogen and oxygen atoms in total. The van der Waals surface area contributed by atoms with Gasteiger partial charge in [-0.3, -0.25) is 0 Å². The number of hydrogen-bond acceptors (Lipinski definition) is 2. The first kappa shape index (κ1) is 22.3. The molecule has 2 rings (SSSR count). The second-order valence-corrected chi connectivity index (χ2v) is 11.3. The lowest BCUT2D eigenvalue weighted by atomic mass is 9.77. The molecule has 28 heavy (non-hydrogen) atoms. The zero-order chi connectivity index (χ0) is 21.7. The first-order chi connectivity index (χ1) is 12.5. The average molecular weight is 383 g/mol. The zero-order valence-electron chi connectivity index (χ0n) is 19.4. The van der Waals surface area contributed by atoms with E-state index in [2.05, 4.69) is 86.6 Å². The fraction of sp³-hybridized carbons (Fsp3) is 0.538. The molecule has 2 N–H and O–H groups in total. The van der Waals surface area contributed by atoms with Crippen LogP contribution in [-0.2, 0) is 22.7 Å². The van der Waals surface area contributed by atoms with Crippen LogP contribution in [0.15, 0.2) is 24.3 Å². The minimum absolute atomic E-state index is 0.118. The van der Waals surface area contributed by atoms with E-state index in [9.17, 15) is 10.2 Å². The Labute approximate surface area is 171 Å². The van der Waals surface area contributed by atoms with Gasteiger partial charge in [0.2, 0.25) is 0 Å². The maximum Gasteiger partial charge on any atom is 0.123 e. The van der Waals surface area contributed by atoms with E-state index in [4.69, 9.17) is 0 Å². The lowest BCUT2D eigenvalue weighted by Gasteiger charge is -2.28. The Balaban J connectivity index is 2.63. The minimum Gasteiger partial charge on any atom is -0.507 e. The summed E-state index contributed by atoms with van der Waals surface area (Å²) in [6.45, 7) is 21.2. The molecule has 0 fully saturated rings. The van der Waals surface area contributed by atoms with Crippen molar-refractivity contribution in [3.05, 3.63) is 57.6 Å². The molecule has 0 amide bonds. The Kier molecular flexibility index (Phi) is 5.69. The maximum atomic E-state index is 10.9. The summed E-state index contributed by atoms with van der Waals surface area (Å²) in [6.07, 6.45) is 0.774. The fourth-order valence-electron chi connectivity index (χ4n) is 3.70. The Bertz CT molecular complexity index is 834. The van der Waals surface area contributed by atoms with Crippen molar-refractivity contribution in [1.29, 1.82) is 0 Å². The summed E-state index contributed by atoms with van der Waals surface area (Å²) in [5, 5.41) is 21.5. The van der Waals surface area contributed by atoms with Gasteiger partial charge in [0.05, 0.1) is 0 Å². The predicted octanol–water partition coefficient (Wildman–Crippen LogP) is 6.89. The number of phenolic OH excluding ortho intramolecular Hbond substituents is 2. The predicted molar refractivity (Wildman–Crippen MR) is 120 cm³/mol. The normalized spacial score (nSPS) is 13.1. The van der Waals surface area contributed by atoms with Crippen molar-refractivity contribution in [2.24, 2.45) is 0 Å². The standard InChI is InChI=1S/C26H38O2/c1-16-11-17(13-19(22(16)27)24(2,3)4)12-18-14-20(25(5,6)7)23(28)21(15-18)26(8,9)10/h11,13-15,27-28H,12H2,1-10H3. The molecule has 0 aliphatic carbocycles. The SMILES string of the molecule is Cc1cc(Cc2cc(C(C)(C)C)c(O)c(C(C)(C)C)c2)cc(C(C)(C)C)c1O. The fourth-order valence-corrected chi connectivity index (χ4v) is 3.70. The third kappa shape index (κ3) is 4.71. The van der Waals surface area contributed by atoms with Crippen LogP contribution in [-0.4, -0.2) is 10.2 Å². The second kappa shape index (κ2) is 7.13. The molecule has 0 radical (unpaired) electrons. The largest absolute Gasteiger partial charge is 0.507 e. The highest BCUT2D eigenvalue weighted by molar-refractivity contribution is 5.52. The molecule has 0 unspecified atom stereocenters. The van der Waals surface area contributed by atoms with Gasteiger partial charge in [0.15, 0.2) is 0 Å². The summed E-state index contributed by atoms with van der Waals surface area (Å²) in [4.78, 5) is 0. The average Bonchev–Trinajstić information content (AvgIpc) is 2.48. The van der Waals surface area contributed by atoms with Gasteiger partial charge in [-0.1, -0.05) is 86.6 Å². The smallest absolute Gasteiger partial charge is 0.123 e. The molecule has 0 saturated heterocycles. The van der Waals surface area contributed by atoms with E-state index >= 15 is 0 Å². The topological polar surface area (TPSA) is 40.5 Å². The molecule has 0 bridgehead atoms. The molecule has 154 valence electrons. The van der Waals surface area contributed by atoms with Crippen LogP contribution < -0.4 is 0 Å². The van der Waals surface area contributed by atoms with E-state index in [1.54, 1.807) is 0 Å². The molecule has 0 atom stereocenters. The zero-order valence-corrected chi connectivity index (χ0v) is 19.4. The monoisotopic (exact) mass is 382 g/mol. The number of hydrogen-bond donors (Lipinski definition) is 2. The molecule has 0 spiro atoms. The molecule has 2 aromatic rings. The van der Waals surface area contributed by atoms with Crippen molar-refractivity contribution >= 4 is 0 Å². The highest BCUT2D eigenvalue weighted by Crippen LogP contribution is 2.41. The summed E-state index contributed by atoms with van der Waals surface area (Å²) in [5.41, 5.74) is 5.85. The van der Waals surface area contributed by atoms with Crippen LogP contribution >= 0.6 is 0 Å². The molecule has 0 aliphatic heterocycles. The van der Waals surface area contributed by atoms with E-state index in [1.165, 1.54) is 11.1 Å². The Hall–Kier alpha value is -1.96. The first-order valence-corrected chi connectivity index (χ1v) is 10.2. The molecule has 0 heterocycles. The molecule has 0 aliphatic rings. The lowest BCUT2D eigenvalue weighted by molar-refractivity contribution is 0.423. The van der Waals surface area contributed by atoms with E-state index in [0.29, 0.717) is 11.5 Å². The van der Waals surface area contributed by atoms with Crippen LogP contribution in [0.4, 0.5) is 0 Å². The van der Waals surface area contributed by atoms with Crippen LogP contribution in [0.5, 0.6) is 11.5 Å². The van der Waals surface area contributed by atoms with Crippen LogP contribution in [0, 0.1) is 6.92 Å². The van der Waals surface area contributed by atoms with Crippen LogP contribution in [0.2, 0.25) is 0 Å². The highest BCUT2D eigenvalue weighted by Gasteiger charge is 2.27. The van der Waals surface area contributed by atoms with Gasteiger partial charge >= 0.3 is 0 Å². The Morgan fingerprint density at radius 2 is 0.893 bits per heavy atom. The number of phenols is 2. The van der Waals surface area contributed by atoms with E-state index in [0.717, 1.165) is 28.7 Å². The van der Waals surface area contributed by atoms with Gasteiger partial charge in [0.1, 0.15) is 11.5 Å².